The molecule has 1 atom stereocenters. The van der Waals surface area contributed by atoms with E-state index in [-0.39, 0.29) is 25.5 Å². The van der Waals surface area contributed by atoms with Crippen molar-refractivity contribution >= 4 is 21.8 Å². The van der Waals surface area contributed by atoms with Gasteiger partial charge in [0.2, 0.25) is 21.8 Å². The van der Waals surface area contributed by atoms with E-state index in [1.54, 1.807) is 56.8 Å². The molecule has 0 bridgehead atoms. The first-order valence-electron chi connectivity index (χ1n) is 9.62. The van der Waals surface area contributed by atoms with Crippen LogP contribution in [0.1, 0.15) is 18.1 Å². The number of nitrogens with one attached hydrogen (secondary N) is 1. The highest BCUT2D eigenvalue weighted by molar-refractivity contribution is 7.88. The standard InChI is InChI=1S/C21H28N4O5S/c1-16(21(27)23-13-18-6-5-11-22-12-18)25(20(26)15-24(2)31(4,28)29)14-17-7-9-19(30-3)10-8-17/h5-12,16H,13-15H2,1-4H3,(H,23,27)/t16-/m1/s1. The number of benzene rings is 1. The van der Waals surface area contributed by atoms with Gasteiger partial charge in [-0.05, 0) is 36.2 Å². The molecule has 0 aliphatic rings. The summed E-state index contributed by atoms with van der Waals surface area (Å²) in [6.07, 6.45) is 4.31. The Morgan fingerprint density at radius 2 is 1.84 bits per heavy atom. The number of aromatic nitrogens is 1. The Hall–Kier alpha value is -2.98. The van der Waals surface area contributed by atoms with Crippen LogP contribution in [0, 0.1) is 0 Å². The van der Waals surface area contributed by atoms with Gasteiger partial charge in [0.05, 0.1) is 19.9 Å². The zero-order valence-electron chi connectivity index (χ0n) is 18.1. The number of likely N-dealkylation sites (N-methyl/N-ethyl adjacent to an activating group) is 1. The molecule has 2 aromatic rings. The van der Waals surface area contributed by atoms with Gasteiger partial charge in [-0.3, -0.25) is 14.6 Å². The fourth-order valence-electron chi connectivity index (χ4n) is 2.75. The first-order chi connectivity index (χ1) is 14.6. The van der Waals surface area contributed by atoms with E-state index in [2.05, 4.69) is 10.3 Å². The molecule has 2 rings (SSSR count). The summed E-state index contributed by atoms with van der Waals surface area (Å²) in [5.41, 5.74) is 1.61. The predicted octanol–water partition coefficient (Wildman–Crippen LogP) is 1.02. The molecule has 1 N–H and O–H groups in total. The molecule has 31 heavy (non-hydrogen) atoms. The van der Waals surface area contributed by atoms with Crippen LogP contribution in [-0.4, -0.2) is 67.4 Å². The summed E-state index contributed by atoms with van der Waals surface area (Å²) in [5.74, 6) is -0.166. The third-order valence-electron chi connectivity index (χ3n) is 4.79. The van der Waals surface area contributed by atoms with Crippen molar-refractivity contribution in [3.8, 4) is 5.75 Å². The molecule has 1 heterocycles. The van der Waals surface area contributed by atoms with Gasteiger partial charge in [-0.15, -0.1) is 0 Å². The summed E-state index contributed by atoms with van der Waals surface area (Å²) < 4.78 is 29.6. The quantitative estimate of drug-likeness (QED) is 0.581. The van der Waals surface area contributed by atoms with Crippen LogP contribution < -0.4 is 10.1 Å². The van der Waals surface area contributed by atoms with Crippen molar-refractivity contribution in [2.45, 2.75) is 26.1 Å². The molecule has 0 saturated carbocycles. The van der Waals surface area contributed by atoms with Gasteiger partial charge in [-0.2, -0.15) is 4.31 Å². The molecule has 1 aromatic heterocycles. The summed E-state index contributed by atoms with van der Waals surface area (Å²) in [4.78, 5) is 31.1. The second-order valence-corrected chi connectivity index (χ2v) is 9.23. The van der Waals surface area contributed by atoms with E-state index in [9.17, 15) is 18.0 Å². The van der Waals surface area contributed by atoms with Gasteiger partial charge >= 0.3 is 0 Å². The Bertz CT molecular complexity index is 981. The third-order valence-corrected chi connectivity index (χ3v) is 6.05. The zero-order chi connectivity index (χ0) is 23.0. The average molecular weight is 449 g/mol. The molecule has 10 heteroatoms. The van der Waals surface area contributed by atoms with Crippen molar-refractivity contribution in [3.05, 3.63) is 59.9 Å². The van der Waals surface area contributed by atoms with Gasteiger partial charge in [-0.1, -0.05) is 18.2 Å². The van der Waals surface area contributed by atoms with Crippen molar-refractivity contribution < 1.29 is 22.7 Å². The molecule has 0 spiro atoms. The monoisotopic (exact) mass is 448 g/mol. The van der Waals surface area contributed by atoms with Crippen molar-refractivity contribution in [2.24, 2.45) is 0 Å². The molecule has 0 aliphatic heterocycles. The van der Waals surface area contributed by atoms with E-state index in [1.165, 1.54) is 11.9 Å². The van der Waals surface area contributed by atoms with Gasteiger partial charge in [0.15, 0.2) is 0 Å². The fourth-order valence-corrected chi connectivity index (χ4v) is 3.09. The number of ether oxygens (including phenoxy) is 1. The van der Waals surface area contributed by atoms with Crippen molar-refractivity contribution in [3.63, 3.8) is 0 Å². The van der Waals surface area contributed by atoms with Crippen LogP contribution in [0.3, 0.4) is 0 Å². The first-order valence-corrected chi connectivity index (χ1v) is 11.5. The Morgan fingerprint density at radius 3 is 2.39 bits per heavy atom. The van der Waals surface area contributed by atoms with Crippen molar-refractivity contribution in [2.75, 3.05) is 27.0 Å². The second kappa shape index (κ2) is 10.9. The second-order valence-electron chi connectivity index (χ2n) is 7.14. The number of amides is 2. The topological polar surface area (TPSA) is 109 Å². The molecule has 0 fully saturated rings. The van der Waals surface area contributed by atoms with Crippen LogP contribution in [0.15, 0.2) is 48.8 Å². The SMILES string of the molecule is COc1ccc(CN(C(=O)CN(C)S(C)(=O)=O)[C@H](C)C(=O)NCc2cccnc2)cc1. The first kappa shape index (κ1) is 24.3. The maximum atomic E-state index is 13.0. The van der Waals surface area contributed by atoms with Gasteiger partial charge in [-0.25, -0.2) is 8.42 Å². The van der Waals surface area contributed by atoms with E-state index in [0.29, 0.717) is 5.75 Å². The lowest BCUT2D eigenvalue weighted by Gasteiger charge is -2.30. The number of pyridine rings is 1. The number of carbonyl (C=O) groups excluding carboxylic acids is 2. The average Bonchev–Trinajstić information content (AvgIpc) is 2.75. The summed E-state index contributed by atoms with van der Waals surface area (Å²) in [5, 5.41) is 2.80. The van der Waals surface area contributed by atoms with Crippen LogP contribution in [0.25, 0.3) is 0 Å². The molecular formula is C21H28N4O5S. The van der Waals surface area contributed by atoms with Crippen molar-refractivity contribution in [1.82, 2.24) is 19.5 Å². The highest BCUT2D eigenvalue weighted by atomic mass is 32.2. The summed E-state index contributed by atoms with van der Waals surface area (Å²) in [6.45, 7) is 1.66. The number of methoxy groups -OCH3 is 1. The molecule has 0 unspecified atom stereocenters. The minimum absolute atomic E-state index is 0.141. The van der Waals surface area contributed by atoms with E-state index < -0.39 is 22.0 Å². The normalized spacial score (nSPS) is 12.3. The van der Waals surface area contributed by atoms with E-state index in [4.69, 9.17) is 4.74 Å². The molecule has 9 nitrogen and oxygen atoms in total. The molecule has 2 amide bonds. The van der Waals surface area contributed by atoms with Gasteiger partial charge in [0, 0.05) is 32.5 Å². The minimum Gasteiger partial charge on any atom is -0.497 e. The molecule has 0 saturated heterocycles. The lowest BCUT2D eigenvalue weighted by atomic mass is 10.1. The molecule has 168 valence electrons. The number of carbonyl (C=O) groups is 2. The molecule has 0 aliphatic carbocycles. The number of rotatable bonds is 10. The van der Waals surface area contributed by atoms with E-state index in [0.717, 1.165) is 21.7 Å². The largest absolute Gasteiger partial charge is 0.497 e. The Morgan fingerprint density at radius 1 is 1.16 bits per heavy atom. The zero-order valence-corrected chi connectivity index (χ0v) is 18.9. The van der Waals surface area contributed by atoms with Crippen LogP contribution in [0.2, 0.25) is 0 Å². The van der Waals surface area contributed by atoms with Gasteiger partial charge in [0.25, 0.3) is 0 Å². The lowest BCUT2D eigenvalue weighted by Crippen LogP contribution is -2.50. The van der Waals surface area contributed by atoms with E-state index >= 15 is 0 Å². The maximum absolute atomic E-state index is 13.0. The Balaban J connectivity index is 2.17. The summed E-state index contributed by atoms with van der Waals surface area (Å²) >= 11 is 0. The summed E-state index contributed by atoms with van der Waals surface area (Å²) in [7, 11) is -0.662. The van der Waals surface area contributed by atoms with E-state index in [1.807, 2.05) is 6.07 Å². The number of nitrogens with zero attached hydrogens (tertiary/aromatic N) is 3. The van der Waals surface area contributed by atoms with Gasteiger partial charge in [0.1, 0.15) is 11.8 Å². The van der Waals surface area contributed by atoms with Crippen LogP contribution in [0.4, 0.5) is 0 Å². The number of hydrogen-bond acceptors (Lipinski definition) is 6. The number of hydrogen-bond donors (Lipinski definition) is 1. The molecule has 1 aromatic carbocycles. The van der Waals surface area contributed by atoms with Gasteiger partial charge < -0.3 is 15.0 Å². The highest BCUT2D eigenvalue weighted by Crippen LogP contribution is 2.15. The number of sulfonamides is 1. The van der Waals surface area contributed by atoms with Crippen LogP contribution >= 0.6 is 0 Å². The Kier molecular flexibility index (Phi) is 8.52. The Labute approximate surface area is 183 Å². The van der Waals surface area contributed by atoms with Crippen LogP contribution in [0.5, 0.6) is 5.75 Å². The smallest absolute Gasteiger partial charge is 0.242 e. The third kappa shape index (κ3) is 7.34. The fraction of sp³-hybridized carbons (Fsp3) is 0.381. The molecular weight excluding hydrogens is 420 g/mol. The molecule has 0 radical (unpaired) electrons. The summed E-state index contributed by atoms with van der Waals surface area (Å²) in [6, 6.07) is 9.88. The maximum Gasteiger partial charge on any atom is 0.242 e. The predicted molar refractivity (Wildman–Crippen MR) is 117 cm³/mol. The lowest BCUT2D eigenvalue weighted by molar-refractivity contribution is -0.140. The highest BCUT2D eigenvalue weighted by Gasteiger charge is 2.28. The minimum atomic E-state index is -3.54. The van der Waals surface area contributed by atoms with Crippen molar-refractivity contribution in [1.29, 1.82) is 0 Å². The van der Waals surface area contributed by atoms with Crippen LogP contribution in [-0.2, 0) is 32.7 Å².